The molecule has 0 amide bonds. The second kappa shape index (κ2) is 4.76. The summed E-state index contributed by atoms with van der Waals surface area (Å²) in [5.74, 6) is 0.954. The van der Waals surface area contributed by atoms with Gasteiger partial charge in [0, 0.05) is 0 Å². The summed E-state index contributed by atoms with van der Waals surface area (Å²) in [6, 6.07) is 6.23. The van der Waals surface area contributed by atoms with Gasteiger partial charge in [-0.1, -0.05) is 6.07 Å². The summed E-state index contributed by atoms with van der Waals surface area (Å²) in [6.45, 7) is 6.36. The van der Waals surface area contributed by atoms with Crippen LogP contribution in [0.1, 0.15) is 25.3 Å². The van der Waals surface area contributed by atoms with Crippen LogP contribution in [-0.4, -0.2) is 18.7 Å². The number of hydrogen-bond acceptors (Lipinski definition) is 2. The first-order chi connectivity index (χ1) is 7.59. The molecular weight excluding hydrogens is 266 g/mol. The summed E-state index contributed by atoms with van der Waals surface area (Å²) in [5.41, 5.74) is 1.22. The van der Waals surface area contributed by atoms with Crippen LogP contribution in [0.3, 0.4) is 0 Å². The van der Waals surface area contributed by atoms with Gasteiger partial charge in [-0.05, 0) is 73.4 Å². The van der Waals surface area contributed by atoms with Crippen molar-refractivity contribution < 1.29 is 4.74 Å². The lowest BCUT2D eigenvalue weighted by Gasteiger charge is -2.35. The monoisotopic (exact) mass is 283 g/mol. The Labute approximate surface area is 106 Å². The molecule has 0 aromatic heterocycles. The van der Waals surface area contributed by atoms with Crippen molar-refractivity contribution in [3.8, 4) is 5.75 Å². The van der Waals surface area contributed by atoms with Crippen molar-refractivity contribution in [2.24, 2.45) is 0 Å². The average molecular weight is 284 g/mol. The number of halogens is 1. The van der Waals surface area contributed by atoms with E-state index in [0.29, 0.717) is 0 Å². The third kappa shape index (κ3) is 2.77. The molecule has 2 nitrogen and oxygen atoms in total. The molecule has 0 saturated carbocycles. The normalized spacial score (nSPS) is 19.4. The van der Waals surface area contributed by atoms with Gasteiger partial charge in [-0.2, -0.15) is 0 Å². The predicted molar refractivity (Wildman–Crippen MR) is 70.0 cm³/mol. The Hall–Kier alpha value is -0.540. The Morgan fingerprint density at radius 2 is 2.00 bits per heavy atom. The minimum absolute atomic E-state index is 0.0248. The highest BCUT2D eigenvalue weighted by Gasteiger charge is 2.29. The van der Waals surface area contributed by atoms with E-state index < -0.39 is 0 Å². The van der Waals surface area contributed by atoms with E-state index in [1.165, 1.54) is 5.56 Å². The highest BCUT2D eigenvalue weighted by molar-refractivity contribution is 9.10. The fourth-order valence-electron chi connectivity index (χ4n) is 2.01. The molecule has 1 aromatic carbocycles. The van der Waals surface area contributed by atoms with Crippen LogP contribution < -0.4 is 10.1 Å². The molecule has 1 fully saturated rings. The summed E-state index contributed by atoms with van der Waals surface area (Å²) in [4.78, 5) is 0. The first-order valence-electron chi connectivity index (χ1n) is 5.75. The van der Waals surface area contributed by atoms with Gasteiger partial charge in [0.15, 0.2) is 0 Å². The summed E-state index contributed by atoms with van der Waals surface area (Å²) in [7, 11) is 0. The zero-order valence-corrected chi connectivity index (χ0v) is 11.4. The highest BCUT2D eigenvalue weighted by Crippen LogP contribution is 2.32. The fourth-order valence-corrected chi connectivity index (χ4v) is 2.59. The second-order valence-electron chi connectivity index (χ2n) is 4.74. The Morgan fingerprint density at radius 3 is 2.62 bits per heavy atom. The molecule has 0 atom stereocenters. The van der Waals surface area contributed by atoms with Crippen LogP contribution in [0.2, 0.25) is 0 Å². The number of hydrogen-bond donors (Lipinski definition) is 1. The average Bonchev–Trinajstić information content (AvgIpc) is 2.23. The molecule has 3 heteroatoms. The summed E-state index contributed by atoms with van der Waals surface area (Å²) >= 11 is 3.56. The Kier molecular flexibility index (Phi) is 3.55. The number of piperidine rings is 1. The van der Waals surface area contributed by atoms with Crippen molar-refractivity contribution in [3.63, 3.8) is 0 Å². The molecule has 0 bridgehead atoms. The van der Waals surface area contributed by atoms with Crippen molar-refractivity contribution in [1.29, 1.82) is 0 Å². The lowest BCUT2D eigenvalue weighted by molar-refractivity contribution is 0.0548. The van der Waals surface area contributed by atoms with Gasteiger partial charge >= 0.3 is 0 Å². The van der Waals surface area contributed by atoms with Crippen LogP contribution in [0.5, 0.6) is 5.75 Å². The molecule has 2 rings (SSSR count). The smallest absolute Gasteiger partial charge is 0.134 e. The summed E-state index contributed by atoms with van der Waals surface area (Å²) in [5, 5.41) is 3.36. The second-order valence-corrected chi connectivity index (χ2v) is 5.59. The third-order valence-electron chi connectivity index (χ3n) is 3.10. The van der Waals surface area contributed by atoms with Crippen molar-refractivity contribution >= 4 is 15.9 Å². The van der Waals surface area contributed by atoms with E-state index in [-0.39, 0.29) is 5.60 Å². The molecule has 0 aliphatic carbocycles. The largest absolute Gasteiger partial charge is 0.486 e. The van der Waals surface area contributed by atoms with Gasteiger partial charge in [0.25, 0.3) is 0 Å². The molecule has 88 valence electrons. The van der Waals surface area contributed by atoms with Crippen molar-refractivity contribution in [2.45, 2.75) is 32.3 Å². The van der Waals surface area contributed by atoms with E-state index in [2.05, 4.69) is 47.2 Å². The molecule has 0 spiro atoms. The fraction of sp³-hybridized carbons (Fsp3) is 0.538. The quantitative estimate of drug-likeness (QED) is 0.900. The van der Waals surface area contributed by atoms with Gasteiger partial charge in [0.2, 0.25) is 0 Å². The van der Waals surface area contributed by atoms with E-state index in [1.54, 1.807) is 0 Å². The van der Waals surface area contributed by atoms with Gasteiger partial charge in [0.05, 0.1) is 4.47 Å². The van der Waals surface area contributed by atoms with Crippen LogP contribution >= 0.6 is 15.9 Å². The predicted octanol–water partition coefficient (Wildman–Crippen LogP) is 3.28. The van der Waals surface area contributed by atoms with Crippen molar-refractivity contribution in [2.75, 3.05) is 13.1 Å². The first kappa shape index (κ1) is 11.9. The number of benzene rings is 1. The Morgan fingerprint density at radius 1 is 1.31 bits per heavy atom. The minimum Gasteiger partial charge on any atom is -0.486 e. The van der Waals surface area contributed by atoms with E-state index >= 15 is 0 Å². The van der Waals surface area contributed by atoms with E-state index in [4.69, 9.17) is 4.74 Å². The van der Waals surface area contributed by atoms with Crippen LogP contribution in [0.25, 0.3) is 0 Å². The van der Waals surface area contributed by atoms with Crippen LogP contribution in [0.4, 0.5) is 0 Å². The molecule has 16 heavy (non-hydrogen) atoms. The van der Waals surface area contributed by atoms with E-state index in [0.717, 1.165) is 36.2 Å². The summed E-state index contributed by atoms with van der Waals surface area (Å²) in [6.07, 6.45) is 2.13. The van der Waals surface area contributed by atoms with Crippen LogP contribution in [0.15, 0.2) is 22.7 Å². The van der Waals surface area contributed by atoms with Crippen LogP contribution in [0, 0.1) is 6.92 Å². The zero-order valence-electron chi connectivity index (χ0n) is 9.85. The first-order valence-corrected chi connectivity index (χ1v) is 6.54. The van der Waals surface area contributed by atoms with Gasteiger partial charge in [-0.25, -0.2) is 0 Å². The van der Waals surface area contributed by atoms with Crippen LogP contribution in [-0.2, 0) is 0 Å². The maximum atomic E-state index is 6.14. The Balaban J connectivity index is 2.13. The molecule has 1 N–H and O–H groups in total. The number of aryl methyl sites for hydroxylation is 1. The minimum atomic E-state index is -0.0248. The molecule has 0 unspecified atom stereocenters. The van der Waals surface area contributed by atoms with E-state index in [9.17, 15) is 0 Å². The summed E-state index contributed by atoms with van der Waals surface area (Å²) < 4.78 is 7.19. The molecule has 1 aromatic rings. The maximum Gasteiger partial charge on any atom is 0.134 e. The highest BCUT2D eigenvalue weighted by atomic mass is 79.9. The molecule has 1 aliphatic heterocycles. The lowest BCUT2D eigenvalue weighted by Crippen LogP contribution is -2.43. The SMILES string of the molecule is Cc1ccc(OC2(C)CCNCC2)c(Br)c1. The maximum absolute atomic E-state index is 6.14. The number of nitrogens with one attached hydrogen (secondary N) is 1. The zero-order chi connectivity index (χ0) is 11.6. The standard InChI is InChI=1S/C13H18BrNO/c1-10-3-4-12(11(14)9-10)16-13(2)5-7-15-8-6-13/h3-4,9,15H,5-8H2,1-2H3. The third-order valence-corrected chi connectivity index (χ3v) is 3.72. The molecule has 1 saturated heterocycles. The molecule has 1 heterocycles. The Bertz CT molecular complexity index is 372. The molecular formula is C13H18BrNO. The number of rotatable bonds is 2. The van der Waals surface area contributed by atoms with Gasteiger partial charge in [-0.3, -0.25) is 0 Å². The molecule has 1 aliphatic rings. The van der Waals surface area contributed by atoms with Crippen molar-refractivity contribution in [1.82, 2.24) is 5.32 Å². The topological polar surface area (TPSA) is 21.3 Å². The lowest BCUT2D eigenvalue weighted by atomic mass is 9.94. The van der Waals surface area contributed by atoms with E-state index in [1.807, 2.05) is 6.07 Å². The van der Waals surface area contributed by atoms with Gasteiger partial charge < -0.3 is 10.1 Å². The van der Waals surface area contributed by atoms with Crippen molar-refractivity contribution in [3.05, 3.63) is 28.2 Å². The number of ether oxygens (including phenoxy) is 1. The van der Waals surface area contributed by atoms with Gasteiger partial charge in [-0.15, -0.1) is 0 Å². The van der Waals surface area contributed by atoms with Gasteiger partial charge in [0.1, 0.15) is 11.4 Å². The molecule has 0 radical (unpaired) electrons.